The number of esters is 2. The Morgan fingerprint density at radius 1 is 0.778 bits per heavy atom. The van der Waals surface area contributed by atoms with E-state index in [1.165, 1.54) is 21.3 Å². The summed E-state index contributed by atoms with van der Waals surface area (Å²) in [6.45, 7) is 0.0635. The van der Waals surface area contributed by atoms with Gasteiger partial charge in [0.2, 0.25) is 6.79 Å². The Labute approximate surface area is 208 Å². The van der Waals surface area contributed by atoms with E-state index in [1.54, 1.807) is 66.7 Å². The van der Waals surface area contributed by atoms with Crippen LogP contribution in [-0.4, -0.2) is 45.8 Å². The summed E-state index contributed by atoms with van der Waals surface area (Å²) < 4.78 is 26.0. The van der Waals surface area contributed by atoms with Crippen LogP contribution in [0.3, 0.4) is 0 Å². The van der Waals surface area contributed by atoms with Crippen molar-refractivity contribution in [3.05, 3.63) is 94.6 Å². The van der Waals surface area contributed by atoms with Crippen molar-refractivity contribution in [1.29, 1.82) is 0 Å². The highest BCUT2D eigenvalue weighted by molar-refractivity contribution is 6.27. The second kappa shape index (κ2) is 10.8. The van der Waals surface area contributed by atoms with Gasteiger partial charge in [-0.3, -0.25) is 4.79 Å². The Bertz CT molecular complexity index is 1340. The van der Waals surface area contributed by atoms with Gasteiger partial charge in [-0.05, 0) is 59.7 Å². The largest absolute Gasteiger partial charge is 0.497 e. The van der Waals surface area contributed by atoms with Gasteiger partial charge in [0.1, 0.15) is 5.75 Å². The maximum Gasteiger partial charge on any atom is 0.338 e. The van der Waals surface area contributed by atoms with Crippen LogP contribution in [0, 0.1) is 0 Å². The smallest absolute Gasteiger partial charge is 0.338 e. The van der Waals surface area contributed by atoms with E-state index >= 15 is 0 Å². The number of carbonyl (C=O) groups is 3. The first-order valence-corrected chi connectivity index (χ1v) is 11.0. The van der Waals surface area contributed by atoms with E-state index in [1.807, 2.05) is 0 Å². The summed E-state index contributed by atoms with van der Waals surface area (Å²) in [5.41, 5.74) is 2.03. The number of rotatable bonds is 8. The molecule has 1 aliphatic rings. The van der Waals surface area contributed by atoms with E-state index in [4.69, 9.17) is 23.7 Å². The van der Waals surface area contributed by atoms with Crippen molar-refractivity contribution in [2.24, 2.45) is 0 Å². The molecule has 0 spiro atoms. The van der Waals surface area contributed by atoms with Crippen molar-refractivity contribution in [2.75, 3.05) is 28.1 Å². The average molecular weight is 488 g/mol. The summed E-state index contributed by atoms with van der Waals surface area (Å²) in [5, 5.41) is 0. The molecule has 0 aliphatic carbocycles. The zero-order chi connectivity index (χ0) is 25.7. The Balaban J connectivity index is 1.89. The molecule has 3 aromatic rings. The second-order valence-corrected chi connectivity index (χ2v) is 7.84. The topological polar surface area (TPSA) is 97.4 Å². The van der Waals surface area contributed by atoms with Crippen LogP contribution < -0.4 is 14.2 Å². The minimum absolute atomic E-state index is 0.0502. The summed E-state index contributed by atoms with van der Waals surface area (Å²) in [6.07, 6.45) is 0.0502. The number of benzene rings is 3. The van der Waals surface area contributed by atoms with Crippen LogP contribution in [0.5, 0.6) is 17.2 Å². The van der Waals surface area contributed by atoms with E-state index in [0.29, 0.717) is 39.5 Å². The van der Waals surface area contributed by atoms with Crippen molar-refractivity contribution in [3.8, 4) is 17.2 Å². The van der Waals surface area contributed by atoms with Crippen LogP contribution in [0.25, 0.3) is 5.57 Å². The fourth-order valence-electron chi connectivity index (χ4n) is 3.90. The lowest BCUT2D eigenvalue weighted by molar-refractivity contribution is -0.133. The van der Waals surface area contributed by atoms with Crippen LogP contribution in [0.2, 0.25) is 0 Å². The quantitative estimate of drug-likeness (QED) is 0.264. The van der Waals surface area contributed by atoms with Gasteiger partial charge in [0.15, 0.2) is 17.3 Å². The van der Waals surface area contributed by atoms with E-state index in [9.17, 15) is 14.4 Å². The van der Waals surface area contributed by atoms with Crippen molar-refractivity contribution in [2.45, 2.75) is 6.42 Å². The third-order valence-corrected chi connectivity index (χ3v) is 5.71. The van der Waals surface area contributed by atoms with Gasteiger partial charge in [-0.15, -0.1) is 0 Å². The summed E-state index contributed by atoms with van der Waals surface area (Å²) in [6, 6.07) is 18.3. The Hall–Kier alpha value is -4.59. The highest BCUT2D eigenvalue weighted by Crippen LogP contribution is 2.36. The molecule has 0 amide bonds. The molecule has 0 fully saturated rings. The number of carbonyl (C=O) groups excluding carboxylic acids is 3. The molecule has 0 saturated heterocycles. The summed E-state index contributed by atoms with van der Waals surface area (Å²) >= 11 is 0. The third kappa shape index (κ3) is 5.07. The van der Waals surface area contributed by atoms with E-state index in [-0.39, 0.29) is 30.1 Å². The zero-order valence-electron chi connectivity index (χ0n) is 20.0. The minimum Gasteiger partial charge on any atom is -0.497 e. The molecule has 8 nitrogen and oxygen atoms in total. The maximum atomic E-state index is 13.8. The molecule has 0 saturated carbocycles. The highest BCUT2D eigenvalue weighted by atomic mass is 16.7. The van der Waals surface area contributed by atoms with Gasteiger partial charge in [0.25, 0.3) is 0 Å². The normalized spacial score (nSPS) is 12.4. The molecule has 0 radical (unpaired) electrons. The Morgan fingerprint density at radius 2 is 1.50 bits per heavy atom. The number of hydrogen-bond acceptors (Lipinski definition) is 8. The SMILES string of the molecule is COC(=O)/C(=C(/Cc1cccc(C(=O)OC)c1)C(=O)c1ccc(OC)cc1)c1ccc2c(c1)OCO2. The molecule has 4 rings (SSSR count). The molecule has 0 unspecified atom stereocenters. The van der Waals surface area contributed by atoms with Crippen LogP contribution >= 0.6 is 0 Å². The first-order chi connectivity index (χ1) is 17.4. The average Bonchev–Trinajstić information content (AvgIpc) is 3.40. The molecule has 8 heteroatoms. The number of hydrogen-bond donors (Lipinski definition) is 0. The molecule has 1 heterocycles. The van der Waals surface area contributed by atoms with Gasteiger partial charge in [-0.25, -0.2) is 9.59 Å². The third-order valence-electron chi connectivity index (χ3n) is 5.71. The molecule has 0 bridgehead atoms. The molecule has 0 N–H and O–H groups in total. The second-order valence-electron chi connectivity index (χ2n) is 7.84. The molecule has 1 aliphatic heterocycles. The van der Waals surface area contributed by atoms with Crippen molar-refractivity contribution < 1.29 is 38.1 Å². The van der Waals surface area contributed by atoms with Crippen molar-refractivity contribution in [1.82, 2.24) is 0 Å². The first-order valence-electron chi connectivity index (χ1n) is 11.0. The van der Waals surface area contributed by atoms with Gasteiger partial charge in [0.05, 0.1) is 32.5 Å². The van der Waals surface area contributed by atoms with Crippen molar-refractivity contribution >= 4 is 23.3 Å². The van der Waals surface area contributed by atoms with E-state index in [2.05, 4.69) is 0 Å². The van der Waals surface area contributed by atoms with Gasteiger partial charge >= 0.3 is 11.9 Å². The Morgan fingerprint density at radius 3 is 2.19 bits per heavy atom. The maximum absolute atomic E-state index is 13.8. The number of fused-ring (bicyclic) bond motifs is 1. The van der Waals surface area contributed by atoms with Crippen LogP contribution in [-0.2, 0) is 20.7 Å². The number of Topliss-reactive ketones (excluding diaryl/α,β-unsaturated/α-hetero) is 1. The lowest BCUT2D eigenvalue weighted by atomic mass is 9.89. The molecular weight excluding hydrogens is 464 g/mol. The van der Waals surface area contributed by atoms with Gasteiger partial charge in [0, 0.05) is 17.6 Å². The number of ketones is 1. The van der Waals surface area contributed by atoms with Crippen LogP contribution in [0.15, 0.2) is 72.3 Å². The highest BCUT2D eigenvalue weighted by Gasteiger charge is 2.27. The lowest BCUT2D eigenvalue weighted by Gasteiger charge is -2.15. The van der Waals surface area contributed by atoms with Gasteiger partial charge in [-0.2, -0.15) is 0 Å². The van der Waals surface area contributed by atoms with Gasteiger partial charge in [-0.1, -0.05) is 18.2 Å². The van der Waals surface area contributed by atoms with Gasteiger partial charge < -0.3 is 23.7 Å². The molecular formula is C28H24O8. The molecule has 3 aromatic carbocycles. The van der Waals surface area contributed by atoms with Crippen LogP contribution in [0.4, 0.5) is 0 Å². The number of ether oxygens (including phenoxy) is 5. The lowest BCUT2D eigenvalue weighted by Crippen LogP contribution is -2.15. The fraction of sp³-hybridized carbons (Fsp3) is 0.179. The van der Waals surface area contributed by atoms with E-state index in [0.717, 1.165) is 0 Å². The monoisotopic (exact) mass is 488 g/mol. The van der Waals surface area contributed by atoms with Crippen LogP contribution in [0.1, 0.15) is 31.8 Å². The fourth-order valence-corrected chi connectivity index (χ4v) is 3.90. The number of methoxy groups -OCH3 is 3. The Kier molecular flexibility index (Phi) is 7.34. The molecule has 36 heavy (non-hydrogen) atoms. The zero-order valence-corrected chi connectivity index (χ0v) is 20.0. The summed E-state index contributed by atoms with van der Waals surface area (Å²) in [4.78, 5) is 39.0. The summed E-state index contributed by atoms with van der Waals surface area (Å²) in [5.74, 6) is 0.0169. The number of allylic oxidation sites excluding steroid dienone is 1. The predicted octanol–water partition coefficient (Wildman–Crippen LogP) is 4.26. The molecule has 184 valence electrons. The first kappa shape index (κ1) is 24.5. The standard InChI is InChI=1S/C28H24O8/c1-32-21-10-7-18(8-11-21)26(29)22(14-17-5-4-6-20(13-17)27(30)33-2)25(28(31)34-3)19-9-12-23-24(15-19)36-16-35-23/h4-13,15H,14,16H2,1-3H3/b25-22-. The van der Waals surface area contributed by atoms with E-state index < -0.39 is 11.9 Å². The molecule has 0 aromatic heterocycles. The van der Waals surface area contributed by atoms with Crippen molar-refractivity contribution in [3.63, 3.8) is 0 Å². The predicted molar refractivity (Wildman–Crippen MR) is 130 cm³/mol. The minimum atomic E-state index is -0.685. The summed E-state index contributed by atoms with van der Waals surface area (Å²) in [7, 11) is 4.08. The molecule has 0 atom stereocenters.